The lowest BCUT2D eigenvalue weighted by Gasteiger charge is -2.14. The third kappa shape index (κ3) is 4.76. The number of rotatable bonds is 6. The highest BCUT2D eigenvalue weighted by Crippen LogP contribution is 2.26. The first-order chi connectivity index (χ1) is 10.1. The Morgan fingerprint density at radius 1 is 1.10 bits per heavy atom. The Morgan fingerprint density at radius 3 is 2.57 bits per heavy atom. The van der Waals surface area contributed by atoms with E-state index < -0.39 is 6.10 Å². The van der Waals surface area contributed by atoms with Crippen LogP contribution >= 0.6 is 15.9 Å². The van der Waals surface area contributed by atoms with Gasteiger partial charge in [0.15, 0.2) is 0 Å². The van der Waals surface area contributed by atoms with Crippen LogP contribution in [0.1, 0.15) is 24.2 Å². The van der Waals surface area contributed by atoms with Gasteiger partial charge in [-0.2, -0.15) is 0 Å². The number of aliphatic hydroxyl groups excluding tert-OH is 1. The normalized spacial score (nSPS) is 12.0. The van der Waals surface area contributed by atoms with Crippen molar-refractivity contribution < 1.29 is 14.6 Å². The lowest BCUT2D eigenvalue weighted by molar-refractivity contribution is 0.182. The van der Waals surface area contributed by atoms with Crippen LogP contribution in [0.3, 0.4) is 0 Å². The predicted octanol–water partition coefficient (Wildman–Crippen LogP) is 4.27. The zero-order chi connectivity index (χ0) is 15.2. The molecular weight excluding hydrogens is 332 g/mol. The molecule has 0 bridgehead atoms. The summed E-state index contributed by atoms with van der Waals surface area (Å²) >= 11 is 3.40. The van der Waals surface area contributed by atoms with Gasteiger partial charge in [-0.25, -0.2) is 0 Å². The minimum atomic E-state index is -0.549. The molecule has 0 aliphatic heterocycles. The van der Waals surface area contributed by atoms with Crippen molar-refractivity contribution in [1.29, 1.82) is 0 Å². The predicted molar refractivity (Wildman–Crippen MR) is 86.9 cm³/mol. The van der Waals surface area contributed by atoms with Crippen molar-refractivity contribution in [3.05, 3.63) is 58.1 Å². The van der Waals surface area contributed by atoms with Crippen molar-refractivity contribution in [1.82, 2.24) is 0 Å². The summed E-state index contributed by atoms with van der Waals surface area (Å²) in [4.78, 5) is 0. The smallest absolute Gasteiger partial charge is 0.125 e. The summed E-state index contributed by atoms with van der Waals surface area (Å²) in [5.41, 5.74) is 1.89. The summed E-state index contributed by atoms with van der Waals surface area (Å²) in [5.74, 6) is 1.51. The molecule has 0 saturated carbocycles. The molecule has 0 fully saturated rings. The van der Waals surface area contributed by atoms with Gasteiger partial charge in [-0.1, -0.05) is 34.1 Å². The van der Waals surface area contributed by atoms with E-state index in [0.29, 0.717) is 19.0 Å². The number of hydrogen-bond acceptors (Lipinski definition) is 3. The van der Waals surface area contributed by atoms with E-state index in [2.05, 4.69) is 15.9 Å². The van der Waals surface area contributed by atoms with Gasteiger partial charge in [0, 0.05) is 10.0 Å². The summed E-state index contributed by atoms with van der Waals surface area (Å²) < 4.78 is 12.3. The molecule has 0 amide bonds. The molecule has 0 unspecified atom stereocenters. The first kappa shape index (κ1) is 15.9. The van der Waals surface area contributed by atoms with E-state index in [1.54, 1.807) is 6.92 Å². The summed E-state index contributed by atoms with van der Waals surface area (Å²) in [6.07, 6.45) is -0.549. The van der Waals surface area contributed by atoms with Crippen molar-refractivity contribution in [2.24, 2.45) is 0 Å². The first-order valence-electron chi connectivity index (χ1n) is 6.86. The molecule has 4 heteroatoms. The molecule has 0 radical (unpaired) electrons. The Kier molecular flexibility index (Phi) is 5.65. The number of hydrogen-bond donors (Lipinski definition) is 1. The molecule has 0 aliphatic carbocycles. The quantitative estimate of drug-likeness (QED) is 0.790. The van der Waals surface area contributed by atoms with Crippen molar-refractivity contribution in [3.63, 3.8) is 0 Å². The minimum Gasteiger partial charge on any atom is -0.490 e. The average molecular weight is 351 g/mol. The van der Waals surface area contributed by atoms with Crippen LogP contribution in [-0.2, 0) is 0 Å². The molecule has 0 heterocycles. The van der Waals surface area contributed by atoms with Crippen LogP contribution in [0.25, 0.3) is 0 Å². The van der Waals surface area contributed by atoms with Gasteiger partial charge in [-0.3, -0.25) is 0 Å². The van der Waals surface area contributed by atoms with Gasteiger partial charge in [-0.15, -0.1) is 0 Å². The first-order valence-corrected chi connectivity index (χ1v) is 7.65. The van der Waals surface area contributed by atoms with Crippen molar-refractivity contribution in [2.75, 3.05) is 13.2 Å². The lowest BCUT2D eigenvalue weighted by atomic mass is 10.1. The van der Waals surface area contributed by atoms with Gasteiger partial charge in [0.1, 0.15) is 24.7 Å². The number of halogens is 1. The highest BCUT2D eigenvalue weighted by Gasteiger charge is 2.09. The second kappa shape index (κ2) is 7.48. The molecule has 0 saturated heterocycles. The third-order valence-corrected chi connectivity index (χ3v) is 3.52. The Labute approximate surface area is 133 Å². The van der Waals surface area contributed by atoms with Crippen LogP contribution in [0, 0.1) is 6.92 Å². The maximum atomic E-state index is 9.74. The molecule has 112 valence electrons. The maximum Gasteiger partial charge on any atom is 0.125 e. The van der Waals surface area contributed by atoms with Crippen LogP contribution in [-0.4, -0.2) is 18.3 Å². The van der Waals surface area contributed by atoms with Crippen LogP contribution in [0.2, 0.25) is 0 Å². The average Bonchev–Trinajstić information content (AvgIpc) is 2.43. The standard InChI is InChI=1S/C17H19BrO3/c1-12-6-7-16(13(2)19)17(10-12)21-9-8-20-15-5-3-4-14(18)11-15/h3-7,10-11,13,19H,8-9H2,1-2H3/t13-/m0/s1. The fourth-order valence-electron chi connectivity index (χ4n) is 1.98. The largest absolute Gasteiger partial charge is 0.490 e. The van der Waals surface area contributed by atoms with E-state index in [1.807, 2.05) is 49.4 Å². The van der Waals surface area contributed by atoms with Crippen molar-refractivity contribution in [2.45, 2.75) is 20.0 Å². The van der Waals surface area contributed by atoms with E-state index in [0.717, 1.165) is 21.3 Å². The monoisotopic (exact) mass is 350 g/mol. The minimum absolute atomic E-state index is 0.426. The van der Waals surface area contributed by atoms with E-state index in [-0.39, 0.29) is 0 Å². The van der Waals surface area contributed by atoms with Gasteiger partial charge in [0.25, 0.3) is 0 Å². The van der Waals surface area contributed by atoms with Gasteiger partial charge < -0.3 is 14.6 Å². The van der Waals surface area contributed by atoms with E-state index in [9.17, 15) is 5.11 Å². The topological polar surface area (TPSA) is 38.7 Å². The fourth-order valence-corrected chi connectivity index (χ4v) is 2.36. The fraction of sp³-hybridized carbons (Fsp3) is 0.294. The molecule has 1 N–H and O–H groups in total. The summed E-state index contributed by atoms with van der Waals surface area (Å²) in [6, 6.07) is 13.5. The Morgan fingerprint density at radius 2 is 1.86 bits per heavy atom. The van der Waals surface area contributed by atoms with Gasteiger partial charge >= 0.3 is 0 Å². The number of benzene rings is 2. The number of aliphatic hydroxyl groups is 1. The van der Waals surface area contributed by atoms with Crippen LogP contribution in [0.15, 0.2) is 46.9 Å². The Bertz CT molecular complexity index is 596. The molecule has 0 aliphatic rings. The Balaban J connectivity index is 1.90. The molecule has 1 atom stereocenters. The molecule has 2 aromatic rings. The SMILES string of the molecule is Cc1ccc([C@H](C)O)c(OCCOc2cccc(Br)c2)c1. The van der Waals surface area contributed by atoms with Gasteiger partial charge in [0.05, 0.1) is 6.10 Å². The van der Waals surface area contributed by atoms with Crippen molar-refractivity contribution >= 4 is 15.9 Å². The maximum absolute atomic E-state index is 9.74. The van der Waals surface area contributed by atoms with Crippen molar-refractivity contribution in [3.8, 4) is 11.5 Å². The second-order valence-electron chi connectivity index (χ2n) is 4.87. The summed E-state index contributed by atoms with van der Waals surface area (Å²) in [7, 11) is 0. The molecule has 21 heavy (non-hydrogen) atoms. The van der Waals surface area contributed by atoms with Gasteiger partial charge in [-0.05, 0) is 43.7 Å². The molecular formula is C17H19BrO3. The molecule has 0 aromatic heterocycles. The summed E-state index contributed by atoms with van der Waals surface area (Å²) in [6.45, 7) is 4.60. The molecule has 0 spiro atoms. The Hall–Kier alpha value is -1.52. The van der Waals surface area contributed by atoms with E-state index in [1.165, 1.54) is 0 Å². The number of ether oxygens (including phenoxy) is 2. The third-order valence-electron chi connectivity index (χ3n) is 3.02. The number of aryl methyl sites for hydroxylation is 1. The van der Waals surface area contributed by atoms with Crippen LogP contribution in [0.5, 0.6) is 11.5 Å². The van der Waals surface area contributed by atoms with Crippen LogP contribution < -0.4 is 9.47 Å². The summed E-state index contributed by atoms with van der Waals surface area (Å²) in [5, 5.41) is 9.74. The van der Waals surface area contributed by atoms with Crippen LogP contribution in [0.4, 0.5) is 0 Å². The molecule has 2 rings (SSSR count). The molecule has 2 aromatic carbocycles. The molecule has 3 nitrogen and oxygen atoms in total. The van der Waals surface area contributed by atoms with E-state index in [4.69, 9.17) is 9.47 Å². The van der Waals surface area contributed by atoms with E-state index >= 15 is 0 Å². The lowest BCUT2D eigenvalue weighted by Crippen LogP contribution is -2.10. The zero-order valence-corrected chi connectivity index (χ0v) is 13.8. The van der Waals surface area contributed by atoms with Gasteiger partial charge in [0.2, 0.25) is 0 Å². The highest BCUT2D eigenvalue weighted by molar-refractivity contribution is 9.10. The highest BCUT2D eigenvalue weighted by atomic mass is 79.9. The zero-order valence-electron chi connectivity index (χ0n) is 12.2. The second-order valence-corrected chi connectivity index (χ2v) is 5.79.